The Morgan fingerprint density at radius 3 is 1.94 bits per heavy atom. The standard InChI is InChI=1S/C11H13O6P/c1-18(2,16)6-17-9-7(10(12)13)4-3-5-8(9)11(14)15/h3-5H,6H2,1-2H3,(H,12,13)(H,14,15). The van der Waals surface area contributed by atoms with Crippen molar-refractivity contribution in [1.82, 2.24) is 0 Å². The minimum atomic E-state index is -2.54. The number of ether oxygens (including phenoxy) is 1. The van der Waals surface area contributed by atoms with Gasteiger partial charge in [0.25, 0.3) is 0 Å². The van der Waals surface area contributed by atoms with Gasteiger partial charge in [-0.3, -0.25) is 0 Å². The number of hydrogen-bond acceptors (Lipinski definition) is 4. The molecule has 0 saturated carbocycles. The Morgan fingerprint density at radius 1 is 1.17 bits per heavy atom. The Labute approximate surface area is 104 Å². The molecule has 0 unspecified atom stereocenters. The monoisotopic (exact) mass is 272 g/mol. The molecule has 0 saturated heterocycles. The van der Waals surface area contributed by atoms with Gasteiger partial charge in [0.05, 0.1) is 0 Å². The van der Waals surface area contributed by atoms with E-state index in [4.69, 9.17) is 14.9 Å². The average molecular weight is 272 g/mol. The second-order valence-electron chi connectivity index (χ2n) is 4.14. The number of carboxylic acid groups (broad SMARTS) is 2. The van der Waals surface area contributed by atoms with E-state index in [1.807, 2.05) is 0 Å². The minimum Gasteiger partial charge on any atom is -0.484 e. The van der Waals surface area contributed by atoms with Crippen molar-refractivity contribution in [3.63, 3.8) is 0 Å². The van der Waals surface area contributed by atoms with E-state index >= 15 is 0 Å². The van der Waals surface area contributed by atoms with Crippen molar-refractivity contribution in [3.05, 3.63) is 29.3 Å². The zero-order valence-corrected chi connectivity index (χ0v) is 10.8. The SMILES string of the molecule is CP(C)(=O)COc1c(C(=O)O)cccc1C(=O)O. The Balaban J connectivity index is 3.23. The fourth-order valence-electron chi connectivity index (χ4n) is 1.25. The summed E-state index contributed by atoms with van der Waals surface area (Å²) in [5.74, 6) is -2.85. The second-order valence-corrected chi connectivity index (χ2v) is 7.55. The highest BCUT2D eigenvalue weighted by molar-refractivity contribution is 7.62. The lowest BCUT2D eigenvalue weighted by Gasteiger charge is -2.13. The fourth-order valence-corrected chi connectivity index (χ4v) is 1.69. The molecule has 6 nitrogen and oxygen atoms in total. The van der Waals surface area contributed by atoms with E-state index in [1.54, 1.807) is 0 Å². The van der Waals surface area contributed by atoms with Crippen LogP contribution in [0.4, 0.5) is 0 Å². The van der Waals surface area contributed by atoms with E-state index < -0.39 is 19.1 Å². The van der Waals surface area contributed by atoms with E-state index in [1.165, 1.54) is 31.5 Å². The van der Waals surface area contributed by atoms with Crippen molar-refractivity contribution in [2.45, 2.75) is 0 Å². The first kappa shape index (κ1) is 14.3. The average Bonchev–Trinajstić information content (AvgIpc) is 2.24. The van der Waals surface area contributed by atoms with E-state index in [0.29, 0.717) is 0 Å². The summed E-state index contributed by atoms with van der Waals surface area (Å²) in [4.78, 5) is 22.0. The number of carboxylic acids is 2. The maximum Gasteiger partial charge on any atom is 0.339 e. The molecule has 1 aromatic rings. The van der Waals surface area contributed by atoms with Gasteiger partial charge in [-0.25, -0.2) is 9.59 Å². The maximum atomic E-state index is 11.5. The van der Waals surface area contributed by atoms with Crippen molar-refractivity contribution < 1.29 is 29.1 Å². The quantitative estimate of drug-likeness (QED) is 0.795. The van der Waals surface area contributed by atoms with Gasteiger partial charge in [0.2, 0.25) is 0 Å². The van der Waals surface area contributed by atoms with Crippen LogP contribution in [-0.4, -0.2) is 41.8 Å². The molecule has 7 heteroatoms. The summed E-state index contributed by atoms with van der Waals surface area (Å²) in [7, 11) is -2.54. The lowest BCUT2D eigenvalue weighted by atomic mass is 10.1. The van der Waals surface area contributed by atoms with Crippen LogP contribution in [0.25, 0.3) is 0 Å². The molecule has 0 spiro atoms. The predicted octanol–water partition coefficient (Wildman–Crippen LogP) is 2.04. The Morgan fingerprint density at radius 2 is 1.61 bits per heavy atom. The zero-order valence-electron chi connectivity index (χ0n) is 9.91. The zero-order chi connectivity index (χ0) is 13.9. The van der Waals surface area contributed by atoms with Crippen molar-refractivity contribution in [2.24, 2.45) is 0 Å². The first-order chi connectivity index (χ1) is 8.22. The van der Waals surface area contributed by atoms with Gasteiger partial charge in [-0.2, -0.15) is 0 Å². The van der Waals surface area contributed by atoms with Crippen LogP contribution >= 0.6 is 7.14 Å². The number of carbonyl (C=O) groups is 2. The van der Waals surface area contributed by atoms with Crippen molar-refractivity contribution in [1.29, 1.82) is 0 Å². The third-order valence-corrected chi connectivity index (χ3v) is 2.75. The number of hydrogen-bond donors (Lipinski definition) is 2. The molecule has 0 radical (unpaired) electrons. The summed E-state index contributed by atoms with van der Waals surface area (Å²) in [6.45, 7) is 2.94. The molecule has 0 aliphatic heterocycles. The second kappa shape index (κ2) is 5.23. The largest absolute Gasteiger partial charge is 0.484 e. The summed E-state index contributed by atoms with van der Waals surface area (Å²) >= 11 is 0. The van der Waals surface area contributed by atoms with Crippen molar-refractivity contribution in [2.75, 3.05) is 19.7 Å². The third kappa shape index (κ3) is 3.60. The van der Waals surface area contributed by atoms with Gasteiger partial charge in [-0.15, -0.1) is 0 Å². The van der Waals surface area contributed by atoms with Gasteiger partial charge in [-0.05, 0) is 25.5 Å². The smallest absolute Gasteiger partial charge is 0.339 e. The molecule has 0 aromatic heterocycles. The lowest BCUT2D eigenvalue weighted by Crippen LogP contribution is -2.10. The van der Waals surface area contributed by atoms with Gasteiger partial charge in [0.1, 0.15) is 30.4 Å². The summed E-state index contributed by atoms with van der Waals surface area (Å²) in [6.07, 6.45) is -0.211. The highest BCUT2D eigenvalue weighted by atomic mass is 31.2. The van der Waals surface area contributed by atoms with Crippen LogP contribution in [0.2, 0.25) is 0 Å². The normalized spacial score (nSPS) is 11.0. The molecule has 0 heterocycles. The van der Waals surface area contributed by atoms with E-state index in [9.17, 15) is 14.2 Å². The number of para-hydroxylation sites is 1. The lowest BCUT2D eigenvalue weighted by molar-refractivity contribution is 0.0690. The molecule has 0 fully saturated rings. The van der Waals surface area contributed by atoms with Crippen LogP contribution in [0.3, 0.4) is 0 Å². The number of benzene rings is 1. The summed E-state index contributed by atoms with van der Waals surface area (Å²) in [6, 6.07) is 3.79. The molecule has 2 N–H and O–H groups in total. The van der Waals surface area contributed by atoms with Crippen LogP contribution < -0.4 is 4.74 Å². The Hall–Kier alpha value is -1.81. The topological polar surface area (TPSA) is 101 Å². The highest BCUT2D eigenvalue weighted by Gasteiger charge is 2.21. The van der Waals surface area contributed by atoms with Crippen LogP contribution in [0, 0.1) is 0 Å². The molecular formula is C11H13O6P. The molecule has 0 aliphatic carbocycles. The molecule has 0 bridgehead atoms. The summed E-state index contributed by atoms with van der Waals surface area (Å²) < 4.78 is 16.7. The highest BCUT2D eigenvalue weighted by Crippen LogP contribution is 2.37. The minimum absolute atomic E-state index is 0.211. The fraction of sp³-hybridized carbons (Fsp3) is 0.273. The van der Waals surface area contributed by atoms with Gasteiger partial charge >= 0.3 is 11.9 Å². The number of aromatic carboxylic acids is 2. The van der Waals surface area contributed by atoms with Crippen LogP contribution in [0.5, 0.6) is 5.75 Å². The molecular weight excluding hydrogens is 259 g/mol. The first-order valence-corrected chi connectivity index (χ1v) is 7.77. The maximum absolute atomic E-state index is 11.5. The van der Waals surface area contributed by atoms with Crippen LogP contribution in [0.15, 0.2) is 18.2 Å². The van der Waals surface area contributed by atoms with Gasteiger partial charge < -0.3 is 19.5 Å². The van der Waals surface area contributed by atoms with Crippen LogP contribution in [0.1, 0.15) is 20.7 Å². The molecule has 1 aromatic carbocycles. The van der Waals surface area contributed by atoms with Crippen LogP contribution in [-0.2, 0) is 4.57 Å². The summed E-state index contributed by atoms with van der Waals surface area (Å²) in [5.41, 5.74) is -0.522. The molecule has 0 aliphatic rings. The Kier molecular flexibility index (Phi) is 4.14. The third-order valence-electron chi connectivity index (χ3n) is 2.00. The van der Waals surface area contributed by atoms with Gasteiger partial charge in [0, 0.05) is 0 Å². The molecule has 0 amide bonds. The van der Waals surface area contributed by atoms with E-state index in [2.05, 4.69) is 0 Å². The van der Waals surface area contributed by atoms with E-state index in [-0.39, 0.29) is 23.2 Å². The summed E-state index contributed by atoms with van der Waals surface area (Å²) in [5, 5.41) is 17.9. The molecule has 1 rings (SSSR count). The Bertz CT molecular complexity index is 498. The molecule has 98 valence electrons. The van der Waals surface area contributed by atoms with Crippen molar-refractivity contribution >= 4 is 19.1 Å². The van der Waals surface area contributed by atoms with Gasteiger partial charge in [0.15, 0.2) is 0 Å². The first-order valence-electron chi connectivity index (χ1n) is 4.99. The number of rotatable bonds is 5. The predicted molar refractivity (Wildman–Crippen MR) is 65.3 cm³/mol. The molecule has 0 atom stereocenters. The van der Waals surface area contributed by atoms with Crippen molar-refractivity contribution in [3.8, 4) is 5.75 Å². The van der Waals surface area contributed by atoms with E-state index in [0.717, 1.165) is 0 Å². The molecule has 18 heavy (non-hydrogen) atoms. The van der Waals surface area contributed by atoms with Gasteiger partial charge in [-0.1, -0.05) is 6.07 Å².